The zero-order valence-corrected chi connectivity index (χ0v) is 22.9. The Morgan fingerprint density at radius 1 is 0.947 bits per heavy atom. The second kappa shape index (κ2) is 11.8. The van der Waals surface area contributed by atoms with Crippen LogP contribution >= 0.6 is 23.2 Å². The smallest absolute Gasteiger partial charge is 0.319 e. The molecule has 0 atom stereocenters. The van der Waals surface area contributed by atoms with Gasteiger partial charge in [-0.3, -0.25) is 0 Å². The van der Waals surface area contributed by atoms with E-state index in [4.69, 9.17) is 23.2 Å². The number of hydrogen-bond acceptors (Lipinski definition) is 3. The molecule has 0 bridgehead atoms. The fourth-order valence-electron chi connectivity index (χ4n) is 5.99. The Balaban J connectivity index is 1.34. The molecule has 1 saturated carbocycles. The molecule has 2 N–H and O–H groups in total. The number of piperidine rings is 1. The predicted octanol–water partition coefficient (Wildman–Crippen LogP) is 7.63. The van der Waals surface area contributed by atoms with E-state index in [1.807, 2.05) is 24.3 Å². The Bertz CT molecular complexity index is 1300. The molecule has 2 fully saturated rings. The van der Waals surface area contributed by atoms with Crippen molar-refractivity contribution < 1.29 is 4.79 Å². The van der Waals surface area contributed by atoms with Gasteiger partial charge in [-0.05, 0) is 85.8 Å². The molecule has 5 nitrogen and oxygen atoms in total. The molecule has 3 aromatic rings. The van der Waals surface area contributed by atoms with Gasteiger partial charge in [-0.15, -0.1) is 0 Å². The van der Waals surface area contributed by atoms with Crippen LogP contribution in [0, 0.1) is 11.3 Å². The zero-order chi connectivity index (χ0) is 26.5. The maximum atomic E-state index is 12.9. The van der Waals surface area contributed by atoms with Crippen molar-refractivity contribution in [3.05, 3.63) is 87.9 Å². The fourth-order valence-corrected chi connectivity index (χ4v) is 6.52. The third kappa shape index (κ3) is 6.15. The Hall–Kier alpha value is -3.04. The highest BCUT2D eigenvalue weighted by Gasteiger charge is 2.38. The molecule has 0 radical (unpaired) electrons. The SMILES string of the molecule is N#Cc1cccc(-c2ccc(C3(CNC(=O)Nc4cc(Cl)cc(Cl)c4)CCN(C4CCCC4)CC3)cc2)c1. The number of nitrogens with one attached hydrogen (secondary N) is 2. The Kier molecular flexibility index (Phi) is 8.24. The molecule has 7 heteroatoms. The van der Waals surface area contributed by atoms with Crippen molar-refractivity contribution in [2.45, 2.75) is 50.0 Å². The summed E-state index contributed by atoms with van der Waals surface area (Å²) < 4.78 is 0. The number of amides is 2. The number of rotatable bonds is 6. The first kappa shape index (κ1) is 26.6. The molecular formula is C31H32Cl2N4O. The topological polar surface area (TPSA) is 68.2 Å². The molecule has 2 aliphatic rings. The Morgan fingerprint density at radius 3 is 2.29 bits per heavy atom. The standard InChI is InChI=1S/C31H32Cl2N4O/c32-26-17-27(33)19-28(18-26)36-30(38)35-21-31(12-14-37(15-13-31)29-6-1-2-7-29)25-10-8-23(9-11-25)24-5-3-4-22(16-24)20-34/h3-5,8-11,16-19,29H,1-2,6-7,12-15,21H2,(H2,35,36,38). The van der Waals surface area contributed by atoms with Crippen molar-refractivity contribution in [3.63, 3.8) is 0 Å². The lowest BCUT2D eigenvalue weighted by Gasteiger charge is -2.44. The highest BCUT2D eigenvalue weighted by atomic mass is 35.5. The minimum atomic E-state index is -0.272. The van der Waals surface area contributed by atoms with Crippen molar-refractivity contribution in [2.24, 2.45) is 0 Å². The van der Waals surface area contributed by atoms with Gasteiger partial charge in [0.15, 0.2) is 0 Å². The summed E-state index contributed by atoms with van der Waals surface area (Å²) in [5.41, 5.74) is 4.39. The molecule has 2 amide bonds. The molecular weight excluding hydrogens is 515 g/mol. The highest BCUT2D eigenvalue weighted by Crippen LogP contribution is 2.38. The number of likely N-dealkylation sites (tertiary alicyclic amines) is 1. The van der Waals surface area contributed by atoms with Crippen molar-refractivity contribution in [2.75, 3.05) is 25.0 Å². The van der Waals surface area contributed by atoms with Crippen LogP contribution in [0.5, 0.6) is 0 Å². The second-order valence-electron chi connectivity index (χ2n) is 10.5. The van der Waals surface area contributed by atoms with E-state index in [1.165, 1.54) is 31.2 Å². The van der Waals surface area contributed by atoms with Crippen LogP contribution in [-0.2, 0) is 5.41 Å². The maximum absolute atomic E-state index is 12.9. The van der Waals surface area contributed by atoms with Gasteiger partial charge in [0, 0.05) is 33.7 Å². The van der Waals surface area contributed by atoms with Gasteiger partial charge in [-0.2, -0.15) is 5.26 Å². The van der Waals surface area contributed by atoms with Crippen LogP contribution in [0.4, 0.5) is 10.5 Å². The van der Waals surface area contributed by atoms with E-state index in [-0.39, 0.29) is 11.4 Å². The average Bonchev–Trinajstić information content (AvgIpc) is 3.47. The summed E-state index contributed by atoms with van der Waals surface area (Å²) >= 11 is 12.2. The van der Waals surface area contributed by atoms with Gasteiger partial charge in [-0.25, -0.2) is 4.79 Å². The summed E-state index contributed by atoms with van der Waals surface area (Å²) in [4.78, 5) is 15.5. The van der Waals surface area contributed by atoms with Gasteiger partial charge < -0.3 is 15.5 Å². The van der Waals surface area contributed by atoms with Crippen LogP contribution in [0.3, 0.4) is 0 Å². The predicted molar refractivity (Wildman–Crippen MR) is 155 cm³/mol. The van der Waals surface area contributed by atoms with Crippen molar-refractivity contribution in [3.8, 4) is 17.2 Å². The molecule has 196 valence electrons. The molecule has 1 heterocycles. The van der Waals surface area contributed by atoms with E-state index in [1.54, 1.807) is 18.2 Å². The minimum absolute atomic E-state index is 0.161. The van der Waals surface area contributed by atoms with Gasteiger partial charge in [0.1, 0.15) is 0 Å². The number of nitrogens with zero attached hydrogens (tertiary/aromatic N) is 2. The van der Waals surface area contributed by atoms with E-state index in [0.29, 0.717) is 33.9 Å². The number of nitriles is 1. The Labute approximate surface area is 234 Å². The molecule has 1 saturated heterocycles. The first-order chi connectivity index (χ1) is 18.4. The molecule has 0 spiro atoms. The third-order valence-corrected chi connectivity index (χ3v) is 8.56. The Morgan fingerprint density at radius 2 is 1.63 bits per heavy atom. The fraction of sp³-hybridized carbons (Fsp3) is 0.355. The van der Waals surface area contributed by atoms with Gasteiger partial charge in [0.2, 0.25) is 0 Å². The minimum Gasteiger partial charge on any atom is -0.337 e. The summed E-state index contributed by atoms with van der Waals surface area (Å²) in [6, 6.07) is 24.0. The lowest BCUT2D eigenvalue weighted by molar-refractivity contribution is 0.115. The van der Waals surface area contributed by atoms with Crippen LogP contribution in [-0.4, -0.2) is 36.6 Å². The molecule has 5 rings (SSSR count). The van der Waals surface area contributed by atoms with Crippen LogP contribution < -0.4 is 10.6 Å². The van der Waals surface area contributed by atoms with E-state index in [9.17, 15) is 10.1 Å². The molecule has 1 aliphatic heterocycles. The number of benzene rings is 3. The first-order valence-electron chi connectivity index (χ1n) is 13.3. The quantitative estimate of drug-likeness (QED) is 0.334. The maximum Gasteiger partial charge on any atom is 0.319 e. The molecule has 0 aromatic heterocycles. The van der Waals surface area contributed by atoms with Crippen molar-refractivity contribution in [1.82, 2.24) is 10.2 Å². The highest BCUT2D eigenvalue weighted by molar-refractivity contribution is 6.35. The first-order valence-corrected chi connectivity index (χ1v) is 14.1. The van der Waals surface area contributed by atoms with Crippen LogP contribution in [0.2, 0.25) is 10.0 Å². The largest absolute Gasteiger partial charge is 0.337 e. The number of halogens is 2. The van der Waals surface area contributed by atoms with E-state index in [0.717, 1.165) is 37.1 Å². The normalized spacial score (nSPS) is 17.6. The van der Waals surface area contributed by atoms with Crippen LogP contribution in [0.15, 0.2) is 66.7 Å². The molecule has 1 aliphatic carbocycles. The summed E-state index contributed by atoms with van der Waals surface area (Å²) in [5.74, 6) is 0. The molecule has 38 heavy (non-hydrogen) atoms. The van der Waals surface area contributed by atoms with E-state index < -0.39 is 0 Å². The summed E-state index contributed by atoms with van der Waals surface area (Å²) in [5, 5.41) is 16.2. The van der Waals surface area contributed by atoms with Gasteiger partial charge in [0.25, 0.3) is 0 Å². The number of urea groups is 1. The summed E-state index contributed by atoms with van der Waals surface area (Å²) in [6.07, 6.45) is 7.22. The van der Waals surface area contributed by atoms with Crippen molar-refractivity contribution in [1.29, 1.82) is 5.26 Å². The lowest BCUT2D eigenvalue weighted by atomic mass is 9.72. The van der Waals surface area contributed by atoms with E-state index in [2.05, 4.69) is 45.9 Å². The van der Waals surface area contributed by atoms with Crippen LogP contribution in [0.1, 0.15) is 49.7 Å². The van der Waals surface area contributed by atoms with Crippen molar-refractivity contribution >= 4 is 34.9 Å². The number of carbonyl (C=O) groups excluding carboxylic acids is 1. The number of hydrogen-bond donors (Lipinski definition) is 2. The van der Waals surface area contributed by atoms with Gasteiger partial charge >= 0.3 is 6.03 Å². The monoisotopic (exact) mass is 546 g/mol. The summed E-state index contributed by atoms with van der Waals surface area (Å²) in [7, 11) is 0. The number of anilines is 1. The molecule has 3 aromatic carbocycles. The zero-order valence-electron chi connectivity index (χ0n) is 21.4. The van der Waals surface area contributed by atoms with E-state index >= 15 is 0 Å². The second-order valence-corrected chi connectivity index (χ2v) is 11.4. The third-order valence-electron chi connectivity index (χ3n) is 8.13. The molecule has 0 unspecified atom stereocenters. The summed E-state index contributed by atoms with van der Waals surface area (Å²) in [6.45, 7) is 2.60. The van der Waals surface area contributed by atoms with Gasteiger partial charge in [-0.1, -0.05) is 72.4 Å². The average molecular weight is 548 g/mol. The van der Waals surface area contributed by atoms with Crippen LogP contribution in [0.25, 0.3) is 11.1 Å². The lowest BCUT2D eigenvalue weighted by Crippen LogP contribution is -2.51. The van der Waals surface area contributed by atoms with Gasteiger partial charge in [0.05, 0.1) is 11.6 Å². The number of carbonyl (C=O) groups is 1.